The van der Waals surface area contributed by atoms with Gasteiger partial charge in [0, 0.05) is 6.92 Å². The lowest BCUT2D eigenvalue weighted by Gasteiger charge is -2.23. The molecule has 0 aromatic heterocycles. The van der Waals surface area contributed by atoms with Crippen LogP contribution in [0.5, 0.6) is 5.75 Å². The molecule has 1 saturated carbocycles. The van der Waals surface area contributed by atoms with E-state index in [0.717, 1.165) is 25.7 Å². The number of ether oxygens (including phenoxy) is 1. The second kappa shape index (κ2) is 5.40. The van der Waals surface area contributed by atoms with Crippen molar-refractivity contribution in [3.8, 4) is 5.75 Å². The average Bonchev–Trinajstić information content (AvgIpc) is 2.75. The summed E-state index contributed by atoms with van der Waals surface area (Å²) in [6.45, 7) is 1.74. The fourth-order valence-electron chi connectivity index (χ4n) is 2.27. The molecule has 0 heterocycles. The van der Waals surface area contributed by atoms with Crippen molar-refractivity contribution >= 4 is 11.6 Å². The molecule has 2 N–H and O–H groups in total. The second-order valence-electron chi connectivity index (χ2n) is 4.90. The summed E-state index contributed by atoms with van der Waals surface area (Å²) in [5.74, 6) is 0.471. The van der Waals surface area contributed by atoms with E-state index in [0.29, 0.717) is 11.4 Å². The van der Waals surface area contributed by atoms with Gasteiger partial charge in [-0.05, 0) is 25.0 Å². The van der Waals surface area contributed by atoms with Gasteiger partial charge in [-0.2, -0.15) is 0 Å². The van der Waals surface area contributed by atoms with Gasteiger partial charge in [0.1, 0.15) is 12.4 Å². The van der Waals surface area contributed by atoms with E-state index in [4.69, 9.17) is 4.74 Å². The number of rotatable bonds is 4. The summed E-state index contributed by atoms with van der Waals surface area (Å²) in [5, 5.41) is 12.9. The third kappa shape index (κ3) is 3.23. The summed E-state index contributed by atoms with van der Waals surface area (Å²) >= 11 is 0. The maximum absolute atomic E-state index is 11.1. The Hall–Kier alpha value is -1.55. The van der Waals surface area contributed by atoms with Crippen LogP contribution >= 0.6 is 0 Å². The lowest BCUT2D eigenvalue weighted by Crippen LogP contribution is -2.32. The number of benzene rings is 1. The van der Waals surface area contributed by atoms with Gasteiger partial charge in [-0.25, -0.2) is 0 Å². The molecule has 0 spiro atoms. The van der Waals surface area contributed by atoms with Crippen LogP contribution in [0, 0.1) is 0 Å². The SMILES string of the molecule is CC(=O)Nc1ccccc1OCC1(O)CCCC1. The zero-order chi connectivity index (χ0) is 13.0. The van der Waals surface area contributed by atoms with Gasteiger partial charge in [-0.15, -0.1) is 0 Å². The lowest BCUT2D eigenvalue weighted by molar-refractivity contribution is -0.114. The Balaban J connectivity index is 2.02. The topological polar surface area (TPSA) is 58.6 Å². The van der Waals surface area contributed by atoms with Crippen LogP contribution in [0.1, 0.15) is 32.6 Å². The molecule has 4 nitrogen and oxygen atoms in total. The molecule has 0 atom stereocenters. The van der Waals surface area contributed by atoms with Crippen molar-refractivity contribution in [2.75, 3.05) is 11.9 Å². The molecule has 0 unspecified atom stereocenters. The monoisotopic (exact) mass is 249 g/mol. The van der Waals surface area contributed by atoms with Crippen LogP contribution in [0.2, 0.25) is 0 Å². The largest absolute Gasteiger partial charge is 0.488 e. The second-order valence-corrected chi connectivity index (χ2v) is 4.90. The average molecular weight is 249 g/mol. The molecule has 4 heteroatoms. The number of aliphatic hydroxyl groups is 1. The number of nitrogens with one attached hydrogen (secondary N) is 1. The van der Waals surface area contributed by atoms with E-state index in [9.17, 15) is 9.90 Å². The Kier molecular flexibility index (Phi) is 3.87. The summed E-state index contributed by atoms with van der Waals surface area (Å²) in [5.41, 5.74) is -0.0600. The Bertz CT molecular complexity index is 425. The molecule has 1 fully saturated rings. The normalized spacial score (nSPS) is 17.4. The van der Waals surface area contributed by atoms with E-state index >= 15 is 0 Å². The third-order valence-electron chi connectivity index (χ3n) is 3.23. The Labute approximate surface area is 107 Å². The summed E-state index contributed by atoms with van der Waals surface area (Å²) < 4.78 is 5.66. The van der Waals surface area contributed by atoms with Gasteiger partial charge in [0.25, 0.3) is 0 Å². The molecular weight excluding hydrogens is 230 g/mol. The van der Waals surface area contributed by atoms with Gasteiger partial charge < -0.3 is 15.2 Å². The molecule has 0 aliphatic heterocycles. The highest BCUT2D eigenvalue weighted by molar-refractivity contribution is 5.90. The maximum atomic E-state index is 11.1. The van der Waals surface area contributed by atoms with Crippen LogP contribution in [0.3, 0.4) is 0 Å². The molecule has 0 bridgehead atoms. The van der Waals surface area contributed by atoms with E-state index in [-0.39, 0.29) is 12.5 Å². The predicted molar refractivity (Wildman–Crippen MR) is 69.7 cm³/mol. The number of amides is 1. The van der Waals surface area contributed by atoms with E-state index in [1.807, 2.05) is 12.1 Å². The van der Waals surface area contributed by atoms with Crippen LogP contribution in [-0.4, -0.2) is 23.2 Å². The van der Waals surface area contributed by atoms with Gasteiger partial charge in [0.15, 0.2) is 0 Å². The summed E-state index contributed by atoms with van der Waals surface area (Å²) in [4.78, 5) is 11.1. The minimum Gasteiger partial charge on any atom is -0.488 e. The van der Waals surface area contributed by atoms with Crippen molar-refractivity contribution in [1.82, 2.24) is 0 Å². The molecular formula is C14H19NO3. The maximum Gasteiger partial charge on any atom is 0.221 e. The fraction of sp³-hybridized carbons (Fsp3) is 0.500. The number of hydrogen-bond donors (Lipinski definition) is 2. The van der Waals surface area contributed by atoms with Gasteiger partial charge in [0.05, 0.1) is 11.3 Å². The number of anilines is 1. The van der Waals surface area contributed by atoms with Crippen LogP contribution in [0.25, 0.3) is 0 Å². The number of para-hydroxylation sites is 2. The zero-order valence-electron chi connectivity index (χ0n) is 10.6. The smallest absolute Gasteiger partial charge is 0.221 e. The standard InChI is InChI=1S/C14H19NO3/c1-11(16)15-12-6-2-3-7-13(12)18-10-14(17)8-4-5-9-14/h2-3,6-7,17H,4-5,8-10H2,1H3,(H,15,16). The first-order valence-electron chi connectivity index (χ1n) is 6.31. The Morgan fingerprint density at radius 2 is 2.06 bits per heavy atom. The Morgan fingerprint density at radius 3 is 2.72 bits per heavy atom. The predicted octanol–water partition coefficient (Wildman–Crippen LogP) is 2.33. The summed E-state index contributed by atoms with van der Waals surface area (Å²) in [6.07, 6.45) is 3.67. The summed E-state index contributed by atoms with van der Waals surface area (Å²) in [6, 6.07) is 7.26. The first kappa shape index (κ1) is 12.9. The highest BCUT2D eigenvalue weighted by atomic mass is 16.5. The minimum atomic E-state index is -0.705. The van der Waals surface area contributed by atoms with Gasteiger partial charge in [-0.3, -0.25) is 4.79 Å². The lowest BCUT2D eigenvalue weighted by atomic mass is 10.0. The molecule has 98 valence electrons. The minimum absolute atomic E-state index is 0.134. The molecule has 1 aromatic carbocycles. The van der Waals surface area contributed by atoms with E-state index in [1.54, 1.807) is 12.1 Å². The third-order valence-corrected chi connectivity index (χ3v) is 3.23. The van der Waals surface area contributed by atoms with Crippen molar-refractivity contribution in [3.05, 3.63) is 24.3 Å². The van der Waals surface area contributed by atoms with Gasteiger partial charge in [-0.1, -0.05) is 25.0 Å². The molecule has 0 radical (unpaired) electrons. The zero-order valence-corrected chi connectivity index (χ0v) is 10.6. The van der Waals surface area contributed by atoms with Crippen LogP contribution in [-0.2, 0) is 4.79 Å². The molecule has 1 aromatic rings. The number of carbonyl (C=O) groups excluding carboxylic acids is 1. The quantitative estimate of drug-likeness (QED) is 0.861. The highest BCUT2D eigenvalue weighted by Gasteiger charge is 2.32. The Morgan fingerprint density at radius 1 is 1.39 bits per heavy atom. The highest BCUT2D eigenvalue weighted by Crippen LogP contribution is 2.31. The van der Waals surface area contributed by atoms with Crippen molar-refractivity contribution in [3.63, 3.8) is 0 Å². The molecule has 2 rings (SSSR count). The number of hydrogen-bond acceptors (Lipinski definition) is 3. The van der Waals surface area contributed by atoms with E-state index in [2.05, 4.69) is 5.32 Å². The van der Waals surface area contributed by atoms with Crippen LogP contribution < -0.4 is 10.1 Å². The van der Waals surface area contributed by atoms with Gasteiger partial charge in [0.2, 0.25) is 5.91 Å². The molecule has 1 amide bonds. The van der Waals surface area contributed by atoms with Crippen molar-refractivity contribution in [2.24, 2.45) is 0 Å². The van der Waals surface area contributed by atoms with E-state index in [1.165, 1.54) is 6.92 Å². The molecule has 1 aliphatic carbocycles. The van der Waals surface area contributed by atoms with Crippen molar-refractivity contribution < 1.29 is 14.6 Å². The fourth-order valence-corrected chi connectivity index (χ4v) is 2.27. The van der Waals surface area contributed by atoms with Crippen molar-refractivity contribution in [1.29, 1.82) is 0 Å². The van der Waals surface area contributed by atoms with Crippen LogP contribution in [0.15, 0.2) is 24.3 Å². The molecule has 18 heavy (non-hydrogen) atoms. The van der Waals surface area contributed by atoms with E-state index < -0.39 is 5.60 Å². The number of carbonyl (C=O) groups is 1. The van der Waals surface area contributed by atoms with Gasteiger partial charge >= 0.3 is 0 Å². The molecule has 1 aliphatic rings. The van der Waals surface area contributed by atoms with Crippen molar-refractivity contribution in [2.45, 2.75) is 38.2 Å². The van der Waals surface area contributed by atoms with Crippen LogP contribution in [0.4, 0.5) is 5.69 Å². The molecule has 0 saturated heterocycles. The summed E-state index contributed by atoms with van der Waals surface area (Å²) in [7, 11) is 0. The first-order chi connectivity index (χ1) is 8.59. The first-order valence-corrected chi connectivity index (χ1v) is 6.31.